The van der Waals surface area contributed by atoms with Gasteiger partial charge in [0.05, 0.1) is 6.61 Å². The van der Waals surface area contributed by atoms with Crippen molar-refractivity contribution in [2.75, 3.05) is 45.9 Å². The zero-order valence-corrected chi connectivity index (χ0v) is 13.3. The Morgan fingerprint density at radius 2 is 1.84 bits per heavy atom. The molecule has 19 heavy (non-hydrogen) atoms. The fraction of sp³-hybridized carbons (Fsp3) is 1.00. The van der Waals surface area contributed by atoms with E-state index in [0.717, 1.165) is 32.8 Å². The molecule has 0 aliphatic heterocycles. The van der Waals surface area contributed by atoms with Crippen molar-refractivity contribution in [3.8, 4) is 0 Å². The fourth-order valence-electron chi connectivity index (χ4n) is 3.24. The van der Waals surface area contributed by atoms with E-state index >= 15 is 0 Å². The van der Waals surface area contributed by atoms with Gasteiger partial charge in [-0.15, -0.1) is 0 Å². The normalized spacial score (nSPS) is 18.9. The van der Waals surface area contributed by atoms with Gasteiger partial charge in [0.25, 0.3) is 0 Å². The van der Waals surface area contributed by atoms with Crippen LogP contribution in [0.1, 0.15) is 52.9 Å². The summed E-state index contributed by atoms with van der Waals surface area (Å²) in [5, 5.41) is 3.60. The molecule has 1 aliphatic carbocycles. The molecule has 0 aromatic rings. The predicted octanol–water partition coefficient (Wildman–Crippen LogP) is 2.90. The van der Waals surface area contributed by atoms with E-state index in [4.69, 9.17) is 4.74 Å². The van der Waals surface area contributed by atoms with Gasteiger partial charge in [0.1, 0.15) is 0 Å². The highest BCUT2D eigenvalue weighted by atomic mass is 16.5. The summed E-state index contributed by atoms with van der Waals surface area (Å²) >= 11 is 0. The molecule has 0 aromatic carbocycles. The summed E-state index contributed by atoms with van der Waals surface area (Å²) in [6, 6.07) is 0. The zero-order valence-electron chi connectivity index (χ0n) is 13.3. The molecule has 3 heteroatoms. The first kappa shape index (κ1) is 16.9. The molecule has 0 bridgehead atoms. The van der Waals surface area contributed by atoms with Crippen molar-refractivity contribution >= 4 is 0 Å². The van der Waals surface area contributed by atoms with Gasteiger partial charge in [0, 0.05) is 26.2 Å². The molecule has 0 amide bonds. The number of hydrogen-bond donors (Lipinski definition) is 1. The van der Waals surface area contributed by atoms with Crippen molar-refractivity contribution in [2.24, 2.45) is 5.41 Å². The first-order valence-corrected chi connectivity index (χ1v) is 8.27. The minimum atomic E-state index is 0.510. The number of hydrogen-bond acceptors (Lipinski definition) is 3. The standard InChI is InChI=1S/C16H34N2O/c1-4-17-14-16(10-8-7-9-11-16)15-18(5-2)12-13-19-6-3/h17H,4-15H2,1-3H3. The molecule has 1 saturated carbocycles. The molecule has 1 N–H and O–H groups in total. The molecule has 0 spiro atoms. The van der Waals surface area contributed by atoms with Crippen molar-refractivity contribution < 1.29 is 4.74 Å². The van der Waals surface area contributed by atoms with Crippen molar-refractivity contribution in [3.63, 3.8) is 0 Å². The summed E-state index contributed by atoms with van der Waals surface area (Å²) in [6.07, 6.45) is 7.04. The number of ether oxygens (including phenoxy) is 1. The van der Waals surface area contributed by atoms with E-state index in [0.29, 0.717) is 5.41 Å². The molecule has 1 rings (SSSR count). The van der Waals surface area contributed by atoms with Crippen molar-refractivity contribution in [2.45, 2.75) is 52.9 Å². The highest BCUT2D eigenvalue weighted by Gasteiger charge is 2.33. The summed E-state index contributed by atoms with van der Waals surface area (Å²) in [6.45, 7) is 14.0. The van der Waals surface area contributed by atoms with Crippen LogP contribution in [0.15, 0.2) is 0 Å². The fourth-order valence-corrected chi connectivity index (χ4v) is 3.24. The third-order valence-electron chi connectivity index (χ3n) is 4.43. The summed E-state index contributed by atoms with van der Waals surface area (Å²) in [7, 11) is 0. The molecular formula is C16H34N2O. The molecule has 114 valence electrons. The number of nitrogens with zero attached hydrogens (tertiary/aromatic N) is 1. The lowest BCUT2D eigenvalue weighted by Gasteiger charge is -2.41. The van der Waals surface area contributed by atoms with E-state index in [9.17, 15) is 0 Å². The Balaban J connectivity index is 2.48. The van der Waals surface area contributed by atoms with Crippen LogP contribution in [0.2, 0.25) is 0 Å². The van der Waals surface area contributed by atoms with E-state index in [1.807, 2.05) is 0 Å². The van der Waals surface area contributed by atoms with Crippen molar-refractivity contribution in [1.29, 1.82) is 0 Å². The van der Waals surface area contributed by atoms with Crippen molar-refractivity contribution in [3.05, 3.63) is 0 Å². The molecule has 0 atom stereocenters. The SMILES string of the molecule is CCNCC1(CN(CC)CCOCC)CCCCC1. The minimum Gasteiger partial charge on any atom is -0.380 e. The van der Waals surface area contributed by atoms with E-state index in [1.54, 1.807) is 0 Å². The average Bonchev–Trinajstić information content (AvgIpc) is 2.45. The van der Waals surface area contributed by atoms with E-state index in [2.05, 4.69) is 31.0 Å². The monoisotopic (exact) mass is 270 g/mol. The predicted molar refractivity (Wildman–Crippen MR) is 82.7 cm³/mol. The Bertz CT molecular complexity index is 215. The van der Waals surface area contributed by atoms with Gasteiger partial charge in [0.15, 0.2) is 0 Å². The van der Waals surface area contributed by atoms with Gasteiger partial charge in [-0.1, -0.05) is 33.1 Å². The topological polar surface area (TPSA) is 24.5 Å². The molecule has 0 saturated heterocycles. The minimum absolute atomic E-state index is 0.510. The highest BCUT2D eigenvalue weighted by molar-refractivity contribution is 4.87. The molecule has 0 unspecified atom stereocenters. The maximum atomic E-state index is 5.51. The third-order valence-corrected chi connectivity index (χ3v) is 4.43. The maximum Gasteiger partial charge on any atom is 0.0593 e. The van der Waals surface area contributed by atoms with Gasteiger partial charge in [-0.05, 0) is 38.3 Å². The van der Waals surface area contributed by atoms with Crippen LogP contribution >= 0.6 is 0 Å². The second-order valence-corrected chi connectivity index (χ2v) is 5.91. The maximum absolute atomic E-state index is 5.51. The Hall–Kier alpha value is -0.120. The van der Waals surface area contributed by atoms with Crippen LogP contribution in [-0.2, 0) is 4.74 Å². The van der Waals surface area contributed by atoms with Gasteiger partial charge in [0.2, 0.25) is 0 Å². The van der Waals surface area contributed by atoms with Crippen LogP contribution in [0.25, 0.3) is 0 Å². The van der Waals surface area contributed by atoms with Gasteiger partial charge < -0.3 is 15.0 Å². The summed E-state index contributed by atoms with van der Waals surface area (Å²) < 4.78 is 5.51. The van der Waals surface area contributed by atoms with E-state index in [-0.39, 0.29) is 0 Å². The lowest BCUT2D eigenvalue weighted by molar-refractivity contribution is 0.0709. The van der Waals surface area contributed by atoms with Gasteiger partial charge in [-0.3, -0.25) is 0 Å². The number of nitrogens with one attached hydrogen (secondary N) is 1. The third kappa shape index (κ3) is 6.24. The Labute approximate surface area is 120 Å². The average molecular weight is 270 g/mol. The molecule has 3 nitrogen and oxygen atoms in total. The van der Waals surface area contributed by atoms with E-state index < -0.39 is 0 Å². The quantitative estimate of drug-likeness (QED) is 0.618. The van der Waals surface area contributed by atoms with Crippen molar-refractivity contribution in [1.82, 2.24) is 10.2 Å². The first-order valence-electron chi connectivity index (χ1n) is 8.27. The molecular weight excluding hydrogens is 236 g/mol. The van der Waals surface area contributed by atoms with Crippen LogP contribution in [-0.4, -0.2) is 50.8 Å². The number of likely N-dealkylation sites (N-methyl/N-ethyl adjacent to an activating group) is 1. The van der Waals surface area contributed by atoms with Gasteiger partial charge >= 0.3 is 0 Å². The van der Waals surface area contributed by atoms with Crippen LogP contribution in [0, 0.1) is 5.41 Å². The van der Waals surface area contributed by atoms with Gasteiger partial charge in [-0.2, -0.15) is 0 Å². The summed E-state index contributed by atoms with van der Waals surface area (Å²) in [5.41, 5.74) is 0.510. The molecule has 0 aromatic heterocycles. The first-order chi connectivity index (χ1) is 9.26. The van der Waals surface area contributed by atoms with Gasteiger partial charge in [-0.25, -0.2) is 0 Å². The second kappa shape index (κ2) is 9.73. The lowest BCUT2D eigenvalue weighted by Crippen LogP contribution is -2.46. The van der Waals surface area contributed by atoms with Crippen LogP contribution < -0.4 is 5.32 Å². The Morgan fingerprint density at radius 3 is 2.42 bits per heavy atom. The Morgan fingerprint density at radius 1 is 1.11 bits per heavy atom. The smallest absolute Gasteiger partial charge is 0.0593 e. The van der Waals surface area contributed by atoms with Crippen LogP contribution in [0.5, 0.6) is 0 Å². The molecule has 1 aliphatic rings. The van der Waals surface area contributed by atoms with E-state index in [1.165, 1.54) is 45.2 Å². The zero-order chi connectivity index (χ0) is 14.0. The molecule has 0 radical (unpaired) electrons. The second-order valence-electron chi connectivity index (χ2n) is 5.91. The van der Waals surface area contributed by atoms with Crippen LogP contribution in [0.4, 0.5) is 0 Å². The highest BCUT2D eigenvalue weighted by Crippen LogP contribution is 2.36. The largest absolute Gasteiger partial charge is 0.380 e. The lowest BCUT2D eigenvalue weighted by atomic mass is 9.73. The summed E-state index contributed by atoms with van der Waals surface area (Å²) in [5.74, 6) is 0. The summed E-state index contributed by atoms with van der Waals surface area (Å²) in [4.78, 5) is 2.58. The molecule has 1 fully saturated rings. The Kier molecular flexibility index (Phi) is 8.67. The number of rotatable bonds is 10. The molecule has 0 heterocycles. The van der Waals surface area contributed by atoms with Crippen LogP contribution in [0.3, 0.4) is 0 Å².